The van der Waals surface area contributed by atoms with Crippen molar-refractivity contribution < 1.29 is 32.3 Å². The first kappa shape index (κ1) is 21.6. The molecule has 13 heteroatoms. The first-order valence-electron chi connectivity index (χ1n) is 8.15. The molecule has 160 valence electrons. The first-order chi connectivity index (χ1) is 13.8. The summed E-state index contributed by atoms with van der Waals surface area (Å²) in [5.74, 6) is -2.49. The van der Waals surface area contributed by atoms with Crippen molar-refractivity contribution >= 4 is 23.3 Å². The highest BCUT2D eigenvalue weighted by Crippen LogP contribution is 2.32. The summed E-state index contributed by atoms with van der Waals surface area (Å²) in [6.45, 7) is 1.24. The highest BCUT2D eigenvalue weighted by atomic mass is 35.5. The molecule has 1 aliphatic rings. The van der Waals surface area contributed by atoms with Crippen molar-refractivity contribution in [3.05, 3.63) is 61.1 Å². The molecule has 0 amide bonds. The molecule has 1 aliphatic heterocycles. The van der Waals surface area contributed by atoms with Crippen LogP contribution in [0.15, 0.2) is 32.9 Å². The van der Waals surface area contributed by atoms with Crippen molar-refractivity contribution in [3.63, 3.8) is 0 Å². The van der Waals surface area contributed by atoms with Gasteiger partial charge in [-0.05, 0) is 19.1 Å². The average Bonchev–Trinajstić information content (AvgIpc) is 3.02. The third kappa shape index (κ3) is 3.47. The fourth-order valence-corrected chi connectivity index (χ4v) is 3.11. The SMILES string of the molecule is Cn1c(C(F)(F)F)cc(=O)n(-c2cc(C3=NO[C@](C)(C(=O)O)C3)c(Cl)cc2F)c1=O. The molecular weight excluding hydrogens is 438 g/mol. The zero-order valence-electron chi connectivity index (χ0n) is 15.3. The molecule has 3 rings (SSSR count). The number of hydrogen-bond donors (Lipinski definition) is 1. The predicted octanol–water partition coefficient (Wildman–Crippen LogP) is 2.32. The van der Waals surface area contributed by atoms with Gasteiger partial charge in [0, 0.05) is 25.1 Å². The van der Waals surface area contributed by atoms with Crippen LogP contribution in [0.3, 0.4) is 0 Å². The Morgan fingerprint density at radius 3 is 2.47 bits per heavy atom. The molecule has 0 radical (unpaired) electrons. The van der Waals surface area contributed by atoms with Gasteiger partial charge in [-0.25, -0.2) is 18.5 Å². The number of aromatic nitrogens is 2. The zero-order valence-corrected chi connectivity index (χ0v) is 16.0. The Labute approximate surface area is 169 Å². The van der Waals surface area contributed by atoms with Crippen LogP contribution in [0.1, 0.15) is 24.6 Å². The van der Waals surface area contributed by atoms with Crippen LogP contribution in [-0.4, -0.2) is 31.5 Å². The minimum absolute atomic E-state index is 0.0112. The molecule has 1 N–H and O–H groups in total. The Kier molecular flexibility index (Phi) is 5.01. The summed E-state index contributed by atoms with van der Waals surface area (Å²) in [6, 6.07) is 1.81. The molecule has 1 aromatic heterocycles. The fourth-order valence-electron chi connectivity index (χ4n) is 2.85. The van der Waals surface area contributed by atoms with Crippen LogP contribution in [-0.2, 0) is 22.9 Å². The number of oxime groups is 1. The maximum Gasteiger partial charge on any atom is 0.431 e. The minimum atomic E-state index is -4.98. The van der Waals surface area contributed by atoms with Crippen molar-refractivity contribution in [2.24, 2.45) is 12.2 Å². The van der Waals surface area contributed by atoms with Gasteiger partial charge in [0.15, 0.2) is 0 Å². The Hall–Kier alpha value is -3.15. The van der Waals surface area contributed by atoms with Crippen LogP contribution in [0.2, 0.25) is 5.02 Å². The predicted molar refractivity (Wildman–Crippen MR) is 95.5 cm³/mol. The zero-order chi connectivity index (χ0) is 22.6. The van der Waals surface area contributed by atoms with Crippen LogP contribution in [0.25, 0.3) is 5.69 Å². The van der Waals surface area contributed by atoms with Gasteiger partial charge in [-0.3, -0.25) is 9.36 Å². The van der Waals surface area contributed by atoms with Gasteiger partial charge in [-0.15, -0.1) is 0 Å². The standard InChI is InChI=1S/C17H12ClF4N3O5/c1-16(14(27)28)6-10(23-30-16)7-3-11(9(19)4-8(7)18)25-13(26)5-12(17(20,21)22)24(2)15(25)29/h3-5H,6H2,1-2H3,(H,27,28)/t16-/m0/s1. The van der Waals surface area contributed by atoms with Crippen LogP contribution in [0.5, 0.6) is 0 Å². The number of aliphatic carboxylic acids is 1. The van der Waals surface area contributed by atoms with Crippen molar-refractivity contribution in [3.8, 4) is 5.69 Å². The molecule has 1 atom stereocenters. The van der Waals surface area contributed by atoms with E-state index in [1.165, 1.54) is 6.92 Å². The van der Waals surface area contributed by atoms with E-state index in [1.54, 1.807) is 0 Å². The number of alkyl halides is 3. The lowest BCUT2D eigenvalue weighted by atomic mass is 9.96. The number of hydrogen-bond acceptors (Lipinski definition) is 5. The van der Waals surface area contributed by atoms with E-state index in [2.05, 4.69) is 5.16 Å². The summed E-state index contributed by atoms with van der Waals surface area (Å²) in [7, 11) is 0.781. The van der Waals surface area contributed by atoms with Gasteiger partial charge in [0.05, 0.1) is 16.4 Å². The average molecular weight is 450 g/mol. The molecule has 0 aliphatic carbocycles. The van der Waals surface area contributed by atoms with Gasteiger partial charge in [0.2, 0.25) is 5.60 Å². The van der Waals surface area contributed by atoms with Crippen molar-refractivity contribution in [2.45, 2.75) is 25.1 Å². The molecular formula is C17H12ClF4N3O5. The lowest BCUT2D eigenvalue weighted by Crippen LogP contribution is -2.41. The van der Waals surface area contributed by atoms with E-state index in [9.17, 15) is 37.1 Å². The second-order valence-corrected chi connectivity index (χ2v) is 7.08. The molecule has 2 heterocycles. The summed E-state index contributed by atoms with van der Waals surface area (Å²) < 4.78 is 53.9. The summed E-state index contributed by atoms with van der Waals surface area (Å²) >= 11 is 5.99. The number of rotatable bonds is 3. The summed E-state index contributed by atoms with van der Waals surface area (Å²) in [4.78, 5) is 40.8. The van der Waals surface area contributed by atoms with E-state index in [0.29, 0.717) is 0 Å². The molecule has 0 unspecified atom stereocenters. The molecule has 0 spiro atoms. The normalized spacial score (nSPS) is 18.8. The van der Waals surface area contributed by atoms with Crippen molar-refractivity contribution in [1.82, 2.24) is 9.13 Å². The number of carbonyl (C=O) groups is 1. The fraction of sp³-hybridized carbons (Fsp3) is 0.294. The van der Waals surface area contributed by atoms with Crippen LogP contribution in [0.4, 0.5) is 17.6 Å². The monoisotopic (exact) mass is 449 g/mol. The molecule has 0 fully saturated rings. The van der Waals surface area contributed by atoms with E-state index in [4.69, 9.17) is 16.4 Å². The molecule has 30 heavy (non-hydrogen) atoms. The molecule has 8 nitrogen and oxygen atoms in total. The van der Waals surface area contributed by atoms with Gasteiger partial charge < -0.3 is 9.94 Å². The highest BCUT2D eigenvalue weighted by molar-refractivity contribution is 6.34. The second-order valence-electron chi connectivity index (χ2n) is 6.67. The number of halogens is 5. The lowest BCUT2D eigenvalue weighted by molar-refractivity contribution is -0.160. The second kappa shape index (κ2) is 6.97. The summed E-state index contributed by atoms with van der Waals surface area (Å²) in [5.41, 5.74) is -6.82. The Bertz CT molecular complexity index is 1220. The maximum atomic E-state index is 14.5. The third-order valence-electron chi connectivity index (χ3n) is 4.51. The Balaban J connectivity index is 2.20. The Morgan fingerprint density at radius 2 is 1.93 bits per heavy atom. The van der Waals surface area contributed by atoms with E-state index >= 15 is 0 Å². The van der Waals surface area contributed by atoms with E-state index in [1.807, 2.05) is 0 Å². The quantitative estimate of drug-likeness (QED) is 0.724. The van der Waals surface area contributed by atoms with Crippen molar-refractivity contribution in [2.75, 3.05) is 0 Å². The van der Waals surface area contributed by atoms with Gasteiger partial charge in [-0.1, -0.05) is 16.8 Å². The van der Waals surface area contributed by atoms with Gasteiger partial charge in [0.1, 0.15) is 11.5 Å². The molecule has 2 aromatic rings. The number of carboxylic acids is 1. The highest BCUT2D eigenvalue weighted by Gasteiger charge is 2.43. The number of carboxylic acid groups (broad SMARTS) is 1. The summed E-state index contributed by atoms with van der Waals surface area (Å²) in [6.07, 6.45) is -5.25. The maximum absolute atomic E-state index is 14.5. The molecule has 0 saturated carbocycles. The van der Waals surface area contributed by atoms with Crippen molar-refractivity contribution in [1.29, 1.82) is 0 Å². The number of nitrogens with zero attached hydrogens (tertiary/aromatic N) is 3. The lowest BCUT2D eigenvalue weighted by Gasteiger charge is -2.16. The molecule has 0 saturated heterocycles. The first-order valence-corrected chi connectivity index (χ1v) is 8.52. The van der Waals surface area contributed by atoms with Gasteiger partial charge >= 0.3 is 17.8 Å². The van der Waals surface area contributed by atoms with E-state index in [0.717, 1.165) is 19.2 Å². The third-order valence-corrected chi connectivity index (χ3v) is 4.83. The largest absolute Gasteiger partial charge is 0.478 e. The van der Waals surface area contributed by atoms with Crippen LogP contribution >= 0.6 is 11.6 Å². The topological polar surface area (TPSA) is 103 Å². The van der Waals surface area contributed by atoms with E-state index < -0.39 is 46.2 Å². The van der Waals surface area contributed by atoms with Gasteiger partial charge in [-0.2, -0.15) is 13.2 Å². The smallest absolute Gasteiger partial charge is 0.431 e. The minimum Gasteiger partial charge on any atom is -0.478 e. The number of benzene rings is 1. The summed E-state index contributed by atoms with van der Waals surface area (Å²) in [5, 5.41) is 12.6. The van der Waals surface area contributed by atoms with Crippen LogP contribution in [0, 0.1) is 5.82 Å². The molecule has 0 bridgehead atoms. The van der Waals surface area contributed by atoms with Crippen LogP contribution < -0.4 is 11.2 Å². The molecule has 1 aromatic carbocycles. The Morgan fingerprint density at radius 1 is 1.30 bits per heavy atom. The van der Waals surface area contributed by atoms with E-state index in [-0.39, 0.29) is 37.9 Å². The van der Waals surface area contributed by atoms with Gasteiger partial charge in [0.25, 0.3) is 5.56 Å².